The van der Waals surface area contributed by atoms with E-state index in [-0.39, 0.29) is 37.1 Å². The molecule has 2 aromatic rings. The van der Waals surface area contributed by atoms with Crippen molar-refractivity contribution in [1.82, 2.24) is 5.32 Å². The van der Waals surface area contributed by atoms with Gasteiger partial charge in [-0.3, -0.25) is 9.59 Å². The number of quaternary nitrogens is 1. The van der Waals surface area contributed by atoms with Gasteiger partial charge in [-0.15, -0.1) is 11.3 Å². The summed E-state index contributed by atoms with van der Waals surface area (Å²) < 4.78 is 5.15. The molecule has 0 saturated heterocycles. The molecule has 2 amide bonds. The number of amides is 2. The lowest BCUT2D eigenvalue weighted by Crippen LogP contribution is -2.88. The molecule has 7 nitrogen and oxygen atoms in total. The van der Waals surface area contributed by atoms with Crippen molar-refractivity contribution in [2.24, 2.45) is 0 Å². The summed E-state index contributed by atoms with van der Waals surface area (Å²) in [6.45, 7) is 2.12. The highest BCUT2D eigenvalue weighted by Gasteiger charge is 2.24. The second kappa shape index (κ2) is 10.1. The van der Waals surface area contributed by atoms with Crippen molar-refractivity contribution in [3.8, 4) is 11.1 Å². The van der Waals surface area contributed by atoms with Gasteiger partial charge in [0.05, 0.1) is 6.61 Å². The summed E-state index contributed by atoms with van der Waals surface area (Å²) in [4.78, 5) is 35.9. The van der Waals surface area contributed by atoms with E-state index in [0.29, 0.717) is 21.2 Å². The summed E-state index contributed by atoms with van der Waals surface area (Å²) in [5, 5.41) is 9.42. The molecule has 144 valence electrons. The fraction of sp³-hybridized carbons (Fsp3) is 0.278. The van der Waals surface area contributed by atoms with E-state index in [1.165, 1.54) is 18.4 Å². The summed E-state index contributed by atoms with van der Waals surface area (Å²) in [5.41, 5.74) is 1.56. The molecule has 1 aromatic heterocycles. The van der Waals surface area contributed by atoms with Gasteiger partial charge in [-0.2, -0.15) is 0 Å². The average Bonchev–Trinajstić information content (AvgIpc) is 3.05. The largest absolute Gasteiger partial charge is 0.462 e. The number of hydrogen-bond donors (Lipinski definition) is 3. The van der Waals surface area contributed by atoms with Crippen LogP contribution in [0.3, 0.4) is 0 Å². The average molecular weight is 411 g/mol. The second-order valence-corrected chi connectivity index (χ2v) is 6.76. The van der Waals surface area contributed by atoms with Gasteiger partial charge in [0.25, 0.3) is 11.8 Å². The lowest BCUT2D eigenvalue weighted by atomic mass is 10.0. The number of hydrogen-bond acceptors (Lipinski definition) is 5. The lowest BCUT2D eigenvalue weighted by molar-refractivity contribution is -0.632. The van der Waals surface area contributed by atoms with Crippen LogP contribution in [-0.4, -0.2) is 44.5 Å². The molecule has 1 aromatic carbocycles. The Bertz CT molecular complexity index is 838. The Balaban J connectivity index is 2.24. The summed E-state index contributed by atoms with van der Waals surface area (Å²) in [6, 6.07) is 7.15. The molecule has 0 unspecified atom stereocenters. The molecule has 0 fully saturated rings. The van der Waals surface area contributed by atoms with Crippen LogP contribution in [0.5, 0.6) is 0 Å². The number of rotatable bonds is 8. The molecule has 4 N–H and O–H groups in total. The van der Waals surface area contributed by atoms with Gasteiger partial charge in [0.1, 0.15) is 10.6 Å². The van der Waals surface area contributed by atoms with Crippen LogP contribution in [0.1, 0.15) is 17.3 Å². The van der Waals surface area contributed by atoms with Gasteiger partial charge in [0.15, 0.2) is 13.1 Å². The second-order valence-electron chi connectivity index (χ2n) is 5.47. The molecule has 9 heteroatoms. The highest BCUT2D eigenvalue weighted by molar-refractivity contribution is 7.15. The maximum absolute atomic E-state index is 12.5. The van der Waals surface area contributed by atoms with Crippen LogP contribution in [0, 0.1) is 0 Å². The molecule has 2 rings (SSSR count). The minimum Gasteiger partial charge on any atom is -0.462 e. The Hall–Kier alpha value is -2.42. The van der Waals surface area contributed by atoms with E-state index >= 15 is 0 Å². The zero-order valence-electron chi connectivity index (χ0n) is 15.0. The van der Waals surface area contributed by atoms with Gasteiger partial charge >= 0.3 is 5.97 Å². The van der Waals surface area contributed by atoms with Gasteiger partial charge in [-0.1, -0.05) is 29.8 Å². The van der Waals surface area contributed by atoms with Crippen molar-refractivity contribution in [2.45, 2.75) is 6.92 Å². The smallest absolute Gasteiger partial charge is 0.341 e. The molecule has 0 bridgehead atoms. The predicted molar refractivity (Wildman–Crippen MR) is 105 cm³/mol. The van der Waals surface area contributed by atoms with Gasteiger partial charge in [0, 0.05) is 28.6 Å². The third-order valence-electron chi connectivity index (χ3n) is 3.63. The Kier molecular flexibility index (Phi) is 7.78. The molecule has 0 saturated carbocycles. The summed E-state index contributed by atoms with van der Waals surface area (Å²) in [7, 11) is 1.53. The number of ether oxygens (including phenoxy) is 1. The van der Waals surface area contributed by atoms with Crippen LogP contribution in [0.25, 0.3) is 11.1 Å². The zero-order chi connectivity index (χ0) is 19.8. The van der Waals surface area contributed by atoms with E-state index in [4.69, 9.17) is 16.3 Å². The summed E-state index contributed by atoms with van der Waals surface area (Å²) >= 11 is 7.48. The minimum absolute atomic E-state index is 0.0506. The van der Waals surface area contributed by atoms with Gasteiger partial charge in [0.2, 0.25) is 0 Å². The maximum atomic E-state index is 12.5. The molecule has 0 radical (unpaired) electrons. The Morgan fingerprint density at radius 3 is 2.52 bits per heavy atom. The van der Waals surface area contributed by atoms with Gasteiger partial charge in [-0.25, -0.2) is 4.79 Å². The minimum atomic E-state index is -0.529. The number of carbonyl (C=O) groups is 3. The number of thiophene rings is 1. The lowest BCUT2D eigenvalue weighted by Gasteiger charge is -2.09. The highest BCUT2D eigenvalue weighted by atomic mass is 35.5. The summed E-state index contributed by atoms with van der Waals surface area (Å²) in [6.07, 6.45) is 0. The monoisotopic (exact) mass is 410 g/mol. The quantitative estimate of drug-likeness (QED) is 0.574. The van der Waals surface area contributed by atoms with E-state index in [1.54, 1.807) is 35.8 Å². The highest BCUT2D eigenvalue weighted by Crippen LogP contribution is 2.39. The number of nitrogens with two attached hydrogens (primary N) is 1. The van der Waals surface area contributed by atoms with Crippen molar-refractivity contribution in [1.29, 1.82) is 0 Å². The van der Waals surface area contributed by atoms with Crippen LogP contribution in [0.15, 0.2) is 29.6 Å². The molecule has 0 atom stereocenters. The maximum Gasteiger partial charge on any atom is 0.341 e. The van der Waals surface area contributed by atoms with E-state index < -0.39 is 5.97 Å². The fourth-order valence-corrected chi connectivity index (χ4v) is 3.55. The molecular weight excluding hydrogens is 390 g/mol. The van der Waals surface area contributed by atoms with E-state index in [1.807, 2.05) is 6.07 Å². The van der Waals surface area contributed by atoms with E-state index in [0.717, 1.165) is 0 Å². The van der Waals surface area contributed by atoms with Crippen molar-refractivity contribution in [3.05, 3.63) is 40.2 Å². The first-order valence-electron chi connectivity index (χ1n) is 8.33. The van der Waals surface area contributed by atoms with Gasteiger partial charge in [-0.05, 0) is 13.0 Å². The number of likely N-dealkylation sites (N-methyl/N-ethyl adjacent to an activating group) is 1. The van der Waals surface area contributed by atoms with Crippen molar-refractivity contribution in [3.63, 3.8) is 0 Å². The number of halogens is 1. The third-order valence-corrected chi connectivity index (χ3v) is 4.85. The number of nitrogens with one attached hydrogen (secondary N) is 2. The van der Waals surface area contributed by atoms with Crippen molar-refractivity contribution in [2.75, 3.05) is 32.1 Å². The van der Waals surface area contributed by atoms with Gasteiger partial charge < -0.3 is 20.7 Å². The topological polar surface area (TPSA) is 101 Å². The van der Waals surface area contributed by atoms with Crippen LogP contribution < -0.4 is 16.0 Å². The normalized spacial score (nSPS) is 10.3. The third kappa shape index (κ3) is 5.53. The van der Waals surface area contributed by atoms with Crippen LogP contribution >= 0.6 is 22.9 Å². The van der Waals surface area contributed by atoms with E-state index in [9.17, 15) is 14.4 Å². The first kappa shape index (κ1) is 20.9. The molecule has 0 aliphatic carbocycles. The predicted octanol–water partition coefficient (Wildman–Crippen LogP) is 1.49. The standard InChI is InChI=1S/C18H20ClN3O4S/c1-3-26-18(25)16-12(11-6-4-5-7-13(11)19)10-27-17(16)22-15(24)9-21-8-14(23)20-2/h4-7,10,21H,3,8-9H2,1-2H3,(H,20,23)(H,22,24)/p+1. The molecule has 0 spiro atoms. The number of esters is 1. The molecular formula is C18H21ClN3O4S+. The first-order valence-corrected chi connectivity index (χ1v) is 9.59. The number of carbonyl (C=O) groups excluding carboxylic acids is 3. The Morgan fingerprint density at radius 2 is 1.85 bits per heavy atom. The SMILES string of the molecule is CCOC(=O)c1c(-c2ccccc2Cl)csc1NC(=O)C[NH2+]CC(=O)NC. The van der Waals surface area contributed by atoms with Crippen LogP contribution in [0.2, 0.25) is 5.02 Å². The zero-order valence-corrected chi connectivity index (χ0v) is 16.6. The molecule has 1 heterocycles. The molecule has 27 heavy (non-hydrogen) atoms. The van der Waals surface area contributed by atoms with E-state index in [2.05, 4.69) is 10.6 Å². The molecule has 0 aliphatic rings. The number of benzene rings is 1. The van der Waals surface area contributed by atoms with Crippen molar-refractivity contribution < 1.29 is 24.4 Å². The Morgan fingerprint density at radius 1 is 1.15 bits per heavy atom. The number of anilines is 1. The summed E-state index contributed by atoms with van der Waals surface area (Å²) in [5.74, 6) is -1.03. The Labute approximate surface area is 166 Å². The van der Waals surface area contributed by atoms with Crippen LogP contribution in [-0.2, 0) is 14.3 Å². The first-order chi connectivity index (χ1) is 13.0. The fourth-order valence-electron chi connectivity index (χ4n) is 2.35. The van der Waals surface area contributed by atoms with Crippen LogP contribution in [0.4, 0.5) is 5.00 Å². The van der Waals surface area contributed by atoms with Crippen molar-refractivity contribution >= 4 is 45.7 Å². The molecule has 0 aliphatic heterocycles.